The molecule has 17 heavy (non-hydrogen) atoms. The number of nitrogens with zero attached hydrogens (tertiary/aromatic N) is 1. The van der Waals surface area contributed by atoms with Crippen LogP contribution in [0.2, 0.25) is 0 Å². The van der Waals surface area contributed by atoms with Crippen LogP contribution in [0.25, 0.3) is 0 Å². The standard InChI is InChI=1S/C11H15N3O3/c1-7(9-4-2-3-5-13-9)14-11(17)8(12)6-10(15)16/h2-5,7-8H,6,12H2,1H3,(H,14,17)(H,15,16)/t7-,8?/m0/s1. The van der Waals surface area contributed by atoms with Crippen molar-refractivity contribution in [2.75, 3.05) is 0 Å². The van der Waals surface area contributed by atoms with Gasteiger partial charge in [0.2, 0.25) is 5.91 Å². The van der Waals surface area contributed by atoms with Crippen molar-refractivity contribution in [1.82, 2.24) is 10.3 Å². The van der Waals surface area contributed by atoms with Crippen LogP contribution in [0.15, 0.2) is 24.4 Å². The molecule has 0 aliphatic heterocycles. The van der Waals surface area contributed by atoms with E-state index < -0.39 is 17.9 Å². The van der Waals surface area contributed by atoms with E-state index in [0.29, 0.717) is 5.69 Å². The molecule has 0 saturated carbocycles. The Morgan fingerprint density at radius 1 is 1.53 bits per heavy atom. The summed E-state index contributed by atoms with van der Waals surface area (Å²) in [5.41, 5.74) is 6.13. The van der Waals surface area contributed by atoms with E-state index in [9.17, 15) is 9.59 Å². The first kappa shape index (κ1) is 13.1. The summed E-state index contributed by atoms with van der Waals surface area (Å²) in [6.45, 7) is 1.76. The zero-order valence-corrected chi connectivity index (χ0v) is 9.46. The molecule has 0 aromatic carbocycles. The van der Waals surface area contributed by atoms with Crippen LogP contribution in [-0.4, -0.2) is 28.0 Å². The molecule has 2 atom stereocenters. The normalized spacial score (nSPS) is 13.8. The lowest BCUT2D eigenvalue weighted by Gasteiger charge is -2.16. The Kier molecular flexibility index (Phi) is 4.59. The minimum absolute atomic E-state index is 0.302. The van der Waals surface area contributed by atoms with Crippen molar-refractivity contribution >= 4 is 11.9 Å². The Bertz CT molecular complexity index is 394. The Morgan fingerprint density at radius 2 is 2.24 bits per heavy atom. The van der Waals surface area contributed by atoms with E-state index in [1.165, 1.54) is 0 Å². The molecular weight excluding hydrogens is 222 g/mol. The summed E-state index contributed by atoms with van der Waals surface area (Å²) in [5.74, 6) is -1.59. The summed E-state index contributed by atoms with van der Waals surface area (Å²) < 4.78 is 0. The van der Waals surface area contributed by atoms with Gasteiger partial charge in [0.1, 0.15) is 0 Å². The first-order valence-electron chi connectivity index (χ1n) is 5.19. The van der Waals surface area contributed by atoms with Crippen molar-refractivity contribution in [3.05, 3.63) is 30.1 Å². The van der Waals surface area contributed by atoms with E-state index in [-0.39, 0.29) is 12.5 Å². The van der Waals surface area contributed by atoms with Crippen LogP contribution in [0, 0.1) is 0 Å². The molecule has 1 aromatic heterocycles. The van der Waals surface area contributed by atoms with Gasteiger partial charge in [-0.25, -0.2) is 0 Å². The topological polar surface area (TPSA) is 105 Å². The lowest BCUT2D eigenvalue weighted by atomic mass is 10.1. The number of nitrogens with two attached hydrogens (primary N) is 1. The molecule has 0 radical (unpaired) electrons. The summed E-state index contributed by atoms with van der Waals surface area (Å²) in [5, 5.41) is 11.1. The molecule has 1 rings (SSSR count). The number of pyridine rings is 1. The first-order chi connectivity index (χ1) is 8.00. The van der Waals surface area contributed by atoms with Gasteiger partial charge in [-0.2, -0.15) is 0 Å². The number of carbonyl (C=O) groups excluding carboxylic acids is 1. The minimum atomic E-state index is -1.10. The predicted molar refractivity (Wildman–Crippen MR) is 61.0 cm³/mol. The second-order valence-corrected chi connectivity index (χ2v) is 3.69. The van der Waals surface area contributed by atoms with Crippen LogP contribution in [0.1, 0.15) is 25.1 Å². The smallest absolute Gasteiger partial charge is 0.305 e. The third-order valence-electron chi connectivity index (χ3n) is 2.22. The van der Waals surface area contributed by atoms with E-state index in [1.54, 1.807) is 25.3 Å². The maximum absolute atomic E-state index is 11.5. The van der Waals surface area contributed by atoms with Gasteiger partial charge in [-0.3, -0.25) is 14.6 Å². The molecule has 1 amide bonds. The van der Waals surface area contributed by atoms with Crippen molar-refractivity contribution in [2.45, 2.75) is 25.4 Å². The van der Waals surface area contributed by atoms with Gasteiger partial charge in [0, 0.05) is 6.20 Å². The van der Waals surface area contributed by atoms with Crippen molar-refractivity contribution in [3.63, 3.8) is 0 Å². The van der Waals surface area contributed by atoms with E-state index in [2.05, 4.69) is 10.3 Å². The molecule has 0 aliphatic rings. The molecule has 0 saturated heterocycles. The number of nitrogens with one attached hydrogen (secondary N) is 1. The summed E-state index contributed by atoms with van der Waals surface area (Å²) in [6, 6.07) is 4.01. The van der Waals surface area contributed by atoms with E-state index in [4.69, 9.17) is 10.8 Å². The monoisotopic (exact) mass is 237 g/mol. The highest BCUT2D eigenvalue weighted by Gasteiger charge is 2.19. The first-order valence-corrected chi connectivity index (χ1v) is 5.19. The Labute approximate surface area is 98.8 Å². The summed E-state index contributed by atoms with van der Waals surface area (Å²) in [7, 11) is 0. The van der Waals surface area contributed by atoms with Gasteiger partial charge in [0.25, 0.3) is 0 Å². The number of carboxylic acids is 1. The zero-order chi connectivity index (χ0) is 12.8. The Hall–Kier alpha value is -1.95. The van der Waals surface area contributed by atoms with Crippen molar-refractivity contribution < 1.29 is 14.7 Å². The van der Waals surface area contributed by atoms with Crippen LogP contribution in [0.3, 0.4) is 0 Å². The summed E-state index contributed by atoms with van der Waals surface area (Å²) in [6.07, 6.45) is 1.23. The number of hydrogen-bond donors (Lipinski definition) is 3. The molecule has 6 nitrogen and oxygen atoms in total. The number of carboxylic acid groups (broad SMARTS) is 1. The van der Waals surface area contributed by atoms with E-state index >= 15 is 0 Å². The highest BCUT2D eigenvalue weighted by atomic mass is 16.4. The molecule has 0 fully saturated rings. The van der Waals surface area contributed by atoms with Gasteiger partial charge in [-0.1, -0.05) is 6.07 Å². The van der Waals surface area contributed by atoms with Crippen LogP contribution in [-0.2, 0) is 9.59 Å². The lowest BCUT2D eigenvalue weighted by Crippen LogP contribution is -2.42. The number of carbonyl (C=O) groups is 2. The maximum atomic E-state index is 11.5. The molecule has 0 bridgehead atoms. The Balaban J connectivity index is 2.54. The van der Waals surface area contributed by atoms with Crippen LogP contribution in [0.4, 0.5) is 0 Å². The number of hydrogen-bond acceptors (Lipinski definition) is 4. The summed E-state index contributed by atoms with van der Waals surface area (Å²) in [4.78, 5) is 26.0. The minimum Gasteiger partial charge on any atom is -0.481 e. The molecular formula is C11H15N3O3. The zero-order valence-electron chi connectivity index (χ0n) is 9.46. The number of aromatic nitrogens is 1. The van der Waals surface area contributed by atoms with E-state index in [1.807, 2.05) is 6.07 Å². The summed E-state index contributed by atoms with van der Waals surface area (Å²) >= 11 is 0. The number of amides is 1. The van der Waals surface area contributed by atoms with Crippen LogP contribution >= 0.6 is 0 Å². The molecule has 0 aliphatic carbocycles. The van der Waals surface area contributed by atoms with Gasteiger partial charge in [-0.15, -0.1) is 0 Å². The van der Waals surface area contributed by atoms with Gasteiger partial charge >= 0.3 is 5.97 Å². The van der Waals surface area contributed by atoms with Crippen molar-refractivity contribution in [3.8, 4) is 0 Å². The SMILES string of the molecule is C[C@H](NC(=O)C(N)CC(=O)O)c1ccccn1. The van der Waals surface area contributed by atoms with E-state index in [0.717, 1.165) is 0 Å². The molecule has 4 N–H and O–H groups in total. The fraction of sp³-hybridized carbons (Fsp3) is 0.364. The highest BCUT2D eigenvalue weighted by Crippen LogP contribution is 2.07. The number of rotatable bonds is 5. The van der Waals surface area contributed by atoms with Gasteiger partial charge in [-0.05, 0) is 19.1 Å². The fourth-order valence-electron chi connectivity index (χ4n) is 1.31. The highest BCUT2D eigenvalue weighted by molar-refractivity contribution is 5.86. The van der Waals surface area contributed by atoms with Gasteiger partial charge in [0.05, 0.1) is 24.2 Å². The van der Waals surface area contributed by atoms with Crippen molar-refractivity contribution in [2.24, 2.45) is 5.73 Å². The molecule has 1 unspecified atom stereocenters. The molecule has 6 heteroatoms. The molecule has 0 spiro atoms. The predicted octanol–water partition coefficient (Wildman–Crippen LogP) is 0.0608. The van der Waals surface area contributed by atoms with Gasteiger partial charge < -0.3 is 16.2 Å². The molecule has 1 heterocycles. The van der Waals surface area contributed by atoms with Gasteiger partial charge in [0.15, 0.2) is 0 Å². The van der Waals surface area contributed by atoms with Crippen LogP contribution in [0.5, 0.6) is 0 Å². The van der Waals surface area contributed by atoms with Crippen molar-refractivity contribution in [1.29, 1.82) is 0 Å². The largest absolute Gasteiger partial charge is 0.481 e. The second kappa shape index (κ2) is 5.95. The average Bonchev–Trinajstić information content (AvgIpc) is 2.29. The molecule has 1 aromatic rings. The van der Waals surface area contributed by atoms with Crippen LogP contribution < -0.4 is 11.1 Å². The lowest BCUT2D eigenvalue weighted by molar-refractivity contribution is -0.139. The molecule has 92 valence electrons. The third kappa shape index (κ3) is 4.20. The fourth-order valence-corrected chi connectivity index (χ4v) is 1.31. The second-order valence-electron chi connectivity index (χ2n) is 3.69. The quantitative estimate of drug-likeness (QED) is 0.671. The third-order valence-corrected chi connectivity index (χ3v) is 2.22. The Morgan fingerprint density at radius 3 is 2.76 bits per heavy atom. The number of aliphatic carboxylic acids is 1. The average molecular weight is 237 g/mol. The maximum Gasteiger partial charge on any atom is 0.305 e.